The van der Waals surface area contributed by atoms with Crippen LogP contribution in [0.3, 0.4) is 0 Å². The highest BCUT2D eigenvalue weighted by atomic mass is 32.1. The maximum absolute atomic E-state index is 8.93. The molecule has 0 amide bonds. The molecule has 3 atom stereocenters. The lowest BCUT2D eigenvalue weighted by atomic mass is 9.76. The molecule has 1 heterocycles. The first-order valence-corrected chi connectivity index (χ1v) is 17.5. The summed E-state index contributed by atoms with van der Waals surface area (Å²) in [5.74, 6) is 0.351. The number of hydrogen-bond donors (Lipinski definition) is 3. The monoisotopic (exact) mass is 644 g/mol. The lowest BCUT2D eigenvalue weighted by Gasteiger charge is -2.30. The van der Waals surface area contributed by atoms with Gasteiger partial charge in [0.2, 0.25) is 0 Å². The van der Waals surface area contributed by atoms with Gasteiger partial charge in [0.1, 0.15) is 11.2 Å². The molecule has 3 aromatic carbocycles. The van der Waals surface area contributed by atoms with Gasteiger partial charge >= 0.3 is 0 Å². The van der Waals surface area contributed by atoms with E-state index in [9.17, 15) is 0 Å². The van der Waals surface area contributed by atoms with Crippen molar-refractivity contribution in [1.29, 1.82) is 5.41 Å². The number of benzene rings is 3. The van der Waals surface area contributed by atoms with Gasteiger partial charge in [0.25, 0.3) is 0 Å². The zero-order valence-corrected chi connectivity index (χ0v) is 28.8. The molecule has 4 heteroatoms. The van der Waals surface area contributed by atoms with Crippen molar-refractivity contribution in [3.63, 3.8) is 0 Å². The summed E-state index contributed by atoms with van der Waals surface area (Å²) in [4.78, 5) is 0.986. The molecular weight excluding hydrogens is 603 g/mol. The normalized spacial score (nSPS) is 25.4. The van der Waals surface area contributed by atoms with Crippen molar-refractivity contribution in [3.05, 3.63) is 156 Å². The van der Waals surface area contributed by atoms with Crippen LogP contribution in [0.1, 0.15) is 62.8 Å². The van der Waals surface area contributed by atoms with E-state index in [4.69, 9.17) is 18.0 Å². The van der Waals surface area contributed by atoms with E-state index in [1.807, 2.05) is 12.2 Å². The van der Waals surface area contributed by atoms with Gasteiger partial charge in [-0.3, -0.25) is 0 Å². The second kappa shape index (κ2) is 11.8. The zero-order valence-electron chi connectivity index (χ0n) is 27.9. The van der Waals surface area contributed by atoms with Crippen molar-refractivity contribution < 1.29 is 5.43 Å². The summed E-state index contributed by atoms with van der Waals surface area (Å²) in [7, 11) is 0. The average molecular weight is 645 g/mol. The highest BCUT2D eigenvalue weighted by molar-refractivity contribution is 7.80. The molecule has 238 valence electrons. The number of allylic oxidation sites excluding steroid dienone is 14. The molecule has 48 heavy (non-hydrogen) atoms. The standard InChI is InChI=1S/C44H41N3S/c1-29-14-12-18-35-40-33-21-23-38(48)39(30-15-13-16-31(28-30)43(2)24-8-4-9-25-43)32(33)20-22-37(40)47(41(29)35)46-42(34-17-6-7-19-36(34)45)44(3)26-10-5-11-27-44/h4-13,15-24,26,28-29,45-46,48H,14,25,27H2,1-3H3/p+1/b42-34-,45-36?. The molecule has 4 aromatic rings. The molecule has 0 aliphatic heterocycles. The summed E-state index contributed by atoms with van der Waals surface area (Å²) in [6.45, 7) is 6.97. The van der Waals surface area contributed by atoms with Crippen molar-refractivity contribution in [1.82, 2.24) is 4.68 Å². The van der Waals surface area contributed by atoms with Gasteiger partial charge in [0, 0.05) is 32.7 Å². The predicted octanol–water partition coefficient (Wildman–Crippen LogP) is 10.3. The highest BCUT2D eigenvalue weighted by Gasteiger charge is 2.36. The summed E-state index contributed by atoms with van der Waals surface area (Å²) in [5.41, 5.74) is 12.3. The summed E-state index contributed by atoms with van der Waals surface area (Å²) >= 11 is 5.06. The minimum atomic E-state index is -0.237. The Bertz CT molecular complexity index is 2260. The third kappa shape index (κ3) is 4.98. The Hall–Kier alpha value is -4.64. The number of hydrogen-bond acceptors (Lipinski definition) is 2. The molecule has 3 unspecified atom stereocenters. The van der Waals surface area contributed by atoms with E-state index in [1.165, 1.54) is 55.3 Å². The number of fused-ring (bicyclic) bond motifs is 5. The molecule has 0 saturated heterocycles. The van der Waals surface area contributed by atoms with Gasteiger partial charge < -0.3 is 5.41 Å². The van der Waals surface area contributed by atoms with Crippen LogP contribution in [0.15, 0.2) is 144 Å². The first kappa shape index (κ1) is 30.7. The van der Waals surface area contributed by atoms with Crippen molar-refractivity contribution >= 4 is 46.1 Å². The number of nitrogens with one attached hydrogen (secondary N) is 1. The van der Waals surface area contributed by atoms with Gasteiger partial charge in [-0.1, -0.05) is 123 Å². The molecule has 1 aromatic heterocycles. The van der Waals surface area contributed by atoms with Crippen molar-refractivity contribution in [2.24, 2.45) is 5.41 Å². The second-order valence-electron chi connectivity index (χ2n) is 14.2. The third-order valence-corrected chi connectivity index (χ3v) is 11.2. The second-order valence-corrected chi connectivity index (χ2v) is 14.7. The van der Waals surface area contributed by atoms with Crippen LogP contribution >= 0.6 is 12.6 Å². The fraction of sp³-hybridized carbons (Fsp3) is 0.205. The van der Waals surface area contributed by atoms with Crippen molar-refractivity contribution in [3.8, 4) is 11.1 Å². The summed E-state index contributed by atoms with van der Waals surface area (Å²) < 4.78 is 2.45. The van der Waals surface area contributed by atoms with E-state index in [-0.39, 0.29) is 10.8 Å². The van der Waals surface area contributed by atoms with Crippen LogP contribution < -0.4 is 5.43 Å². The first-order chi connectivity index (χ1) is 23.3. The smallest absolute Gasteiger partial charge is 0.150 e. The number of aromatic nitrogens is 1. The van der Waals surface area contributed by atoms with Gasteiger partial charge in [0.05, 0.1) is 22.4 Å². The molecule has 3 nitrogen and oxygen atoms in total. The van der Waals surface area contributed by atoms with Crippen LogP contribution in [-0.2, 0) is 5.41 Å². The molecule has 8 rings (SSSR count). The number of thiol groups is 1. The van der Waals surface area contributed by atoms with Crippen LogP contribution in [0, 0.1) is 10.8 Å². The van der Waals surface area contributed by atoms with E-state index in [0.29, 0.717) is 11.6 Å². The number of quaternary nitrogens is 1. The maximum atomic E-state index is 8.93. The number of nitrogens with zero attached hydrogens (tertiary/aromatic N) is 1. The fourth-order valence-electron chi connectivity index (χ4n) is 8.14. The van der Waals surface area contributed by atoms with E-state index in [0.717, 1.165) is 29.7 Å². The van der Waals surface area contributed by atoms with Crippen molar-refractivity contribution in [2.75, 3.05) is 0 Å². The molecule has 4 aliphatic rings. The summed E-state index contributed by atoms with van der Waals surface area (Å²) in [6.07, 6.45) is 33.3. The quantitative estimate of drug-likeness (QED) is 0.143. The van der Waals surface area contributed by atoms with Gasteiger partial charge in [-0.25, -0.2) is 5.43 Å². The highest BCUT2D eigenvalue weighted by Crippen LogP contribution is 2.44. The molecular formula is C44H42N3S+. The Morgan fingerprint density at radius 3 is 2.42 bits per heavy atom. The lowest BCUT2D eigenvalue weighted by Crippen LogP contribution is -2.88. The van der Waals surface area contributed by atoms with E-state index < -0.39 is 0 Å². The largest absolute Gasteiger partial charge is 0.300 e. The van der Waals surface area contributed by atoms with Gasteiger partial charge in [-0.15, -0.1) is 12.6 Å². The van der Waals surface area contributed by atoms with E-state index in [1.54, 1.807) is 0 Å². The minimum Gasteiger partial charge on any atom is -0.300 e. The Morgan fingerprint density at radius 2 is 1.65 bits per heavy atom. The number of nitrogens with two attached hydrogens (primary N) is 1. The number of rotatable bonds is 5. The SMILES string of the molecule is CC1CC=Cc2c1n([NH2+]/C(=C1/C=CC=CC1=N)C1(C)C=CC=CC1)c1ccc3c(-c4cccc(C5(C)C=CC=CC5)c4)c(S)ccc3c21. The molecule has 3 N–H and O–H groups in total. The van der Waals surface area contributed by atoms with E-state index >= 15 is 0 Å². The Kier molecular flexibility index (Phi) is 7.54. The van der Waals surface area contributed by atoms with Crippen LogP contribution in [0.25, 0.3) is 38.9 Å². The molecule has 4 aliphatic carbocycles. The van der Waals surface area contributed by atoms with E-state index in [2.05, 4.69) is 152 Å². The molecule has 0 spiro atoms. The van der Waals surface area contributed by atoms with Gasteiger partial charge in [-0.2, -0.15) is 4.68 Å². The average Bonchev–Trinajstić information content (AvgIpc) is 3.43. The molecule has 0 radical (unpaired) electrons. The first-order valence-electron chi connectivity index (χ1n) is 17.1. The van der Waals surface area contributed by atoms with Gasteiger partial charge in [-0.05, 0) is 72.4 Å². The van der Waals surface area contributed by atoms with Crippen LogP contribution in [0.4, 0.5) is 0 Å². The Labute approximate surface area is 289 Å². The zero-order chi connectivity index (χ0) is 33.0. The van der Waals surface area contributed by atoms with Crippen LogP contribution in [0.2, 0.25) is 0 Å². The fourth-order valence-corrected chi connectivity index (χ4v) is 8.46. The predicted molar refractivity (Wildman–Crippen MR) is 206 cm³/mol. The maximum Gasteiger partial charge on any atom is 0.150 e. The van der Waals surface area contributed by atoms with Crippen LogP contribution in [0.5, 0.6) is 0 Å². The minimum absolute atomic E-state index is 0.0295. The summed E-state index contributed by atoms with van der Waals surface area (Å²) in [5, 5.41) is 12.7. The Morgan fingerprint density at radius 1 is 0.854 bits per heavy atom. The topological polar surface area (TPSA) is 45.4 Å². The lowest BCUT2D eigenvalue weighted by molar-refractivity contribution is -0.670. The molecule has 0 saturated carbocycles. The Balaban J connectivity index is 1.35. The van der Waals surface area contributed by atoms with Crippen LogP contribution in [-0.4, -0.2) is 10.4 Å². The van der Waals surface area contributed by atoms with Gasteiger partial charge in [0.15, 0.2) is 0 Å². The molecule has 0 fully saturated rings. The van der Waals surface area contributed by atoms with Crippen molar-refractivity contribution in [2.45, 2.75) is 56.3 Å². The molecule has 0 bridgehead atoms. The third-order valence-electron chi connectivity index (χ3n) is 10.9. The summed E-state index contributed by atoms with van der Waals surface area (Å²) in [6, 6.07) is 18.1.